The van der Waals surface area contributed by atoms with E-state index in [1.54, 1.807) is 12.1 Å². The highest BCUT2D eigenvalue weighted by atomic mass is 32.2. The molecule has 1 unspecified atom stereocenters. The number of anilines is 1. The number of sulfone groups is 1. The minimum atomic E-state index is -3.26. The van der Waals surface area contributed by atoms with Crippen molar-refractivity contribution in [3.63, 3.8) is 0 Å². The zero-order valence-corrected chi connectivity index (χ0v) is 15.7. The third-order valence-corrected chi connectivity index (χ3v) is 5.35. The van der Waals surface area contributed by atoms with Gasteiger partial charge in [0.1, 0.15) is 0 Å². The summed E-state index contributed by atoms with van der Waals surface area (Å²) in [6.07, 6.45) is 2.25. The van der Waals surface area contributed by atoms with Crippen molar-refractivity contribution in [1.29, 1.82) is 0 Å². The fourth-order valence-electron chi connectivity index (χ4n) is 2.75. The second kappa shape index (κ2) is 6.93. The van der Waals surface area contributed by atoms with Crippen LogP contribution in [0, 0.1) is 0 Å². The Labute approximate surface area is 162 Å². The van der Waals surface area contributed by atoms with Crippen molar-refractivity contribution >= 4 is 21.5 Å². The molecule has 0 saturated carbocycles. The van der Waals surface area contributed by atoms with Gasteiger partial charge in [0.05, 0.1) is 16.8 Å². The van der Waals surface area contributed by atoms with E-state index < -0.39 is 16.1 Å². The fraction of sp³-hybridized carbons (Fsp3) is 0.105. The van der Waals surface area contributed by atoms with E-state index in [9.17, 15) is 8.42 Å². The number of nitrogens with zero attached hydrogens (tertiary/aromatic N) is 3. The molecule has 2 aromatic carbocycles. The maximum Gasteiger partial charge on any atom is 0.224 e. The monoisotopic (exact) mass is 395 g/mol. The summed E-state index contributed by atoms with van der Waals surface area (Å²) in [7, 11) is -3.26. The summed E-state index contributed by atoms with van der Waals surface area (Å²) in [5.41, 5.74) is 8.51. The highest BCUT2D eigenvalue weighted by Gasteiger charge is 2.25. The summed E-state index contributed by atoms with van der Waals surface area (Å²) in [5, 5.41) is 7.19. The molecule has 0 radical (unpaired) electrons. The summed E-state index contributed by atoms with van der Waals surface area (Å²) >= 11 is 0. The molecule has 1 atom stereocenters. The Morgan fingerprint density at radius 1 is 1.07 bits per heavy atom. The number of hydrogen-bond donors (Lipinski definition) is 2. The van der Waals surface area contributed by atoms with E-state index in [-0.39, 0.29) is 10.7 Å². The Kier molecular flexibility index (Phi) is 4.44. The highest BCUT2D eigenvalue weighted by molar-refractivity contribution is 7.90. The Bertz CT molecular complexity index is 1150. The average molecular weight is 395 g/mol. The second-order valence-electron chi connectivity index (χ2n) is 6.27. The number of benzene rings is 2. The molecule has 0 spiro atoms. The zero-order valence-electron chi connectivity index (χ0n) is 14.9. The lowest BCUT2D eigenvalue weighted by atomic mass is 10.1. The third-order valence-electron chi connectivity index (χ3n) is 4.22. The van der Waals surface area contributed by atoms with Gasteiger partial charge in [0, 0.05) is 17.4 Å². The van der Waals surface area contributed by atoms with Gasteiger partial charge in [-0.25, -0.2) is 18.4 Å². The van der Waals surface area contributed by atoms with Gasteiger partial charge in [-0.1, -0.05) is 47.6 Å². The van der Waals surface area contributed by atoms with Gasteiger partial charge >= 0.3 is 0 Å². The van der Waals surface area contributed by atoms with Crippen molar-refractivity contribution in [1.82, 2.24) is 15.3 Å². The fourth-order valence-corrected chi connectivity index (χ4v) is 3.38. The first-order valence-electron chi connectivity index (χ1n) is 8.40. The van der Waals surface area contributed by atoms with E-state index in [0.717, 1.165) is 11.8 Å². The average Bonchev–Trinajstić information content (AvgIpc) is 3.18. The van der Waals surface area contributed by atoms with E-state index >= 15 is 0 Å². The van der Waals surface area contributed by atoms with Gasteiger partial charge in [0.15, 0.2) is 27.2 Å². The minimum Gasteiger partial charge on any atom is -0.382 e. The number of amidine groups is 1. The number of oxime groups is 1. The summed E-state index contributed by atoms with van der Waals surface area (Å²) in [6.45, 7) is 0. The van der Waals surface area contributed by atoms with Crippen molar-refractivity contribution in [2.24, 2.45) is 5.16 Å². The molecule has 0 bridgehead atoms. The van der Waals surface area contributed by atoms with Crippen LogP contribution in [0.5, 0.6) is 0 Å². The van der Waals surface area contributed by atoms with Gasteiger partial charge in [-0.15, -0.1) is 0 Å². The molecule has 8 nitrogen and oxygen atoms in total. The van der Waals surface area contributed by atoms with Crippen molar-refractivity contribution in [2.75, 3.05) is 12.0 Å². The van der Waals surface area contributed by atoms with Crippen LogP contribution in [0.1, 0.15) is 17.5 Å². The second-order valence-corrected chi connectivity index (χ2v) is 8.28. The number of nitrogens with two attached hydrogens (primary N) is 1. The molecular weight excluding hydrogens is 378 g/mol. The smallest absolute Gasteiger partial charge is 0.224 e. The number of aromatic nitrogens is 2. The van der Waals surface area contributed by atoms with Crippen LogP contribution < -0.4 is 11.1 Å². The number of nitrogens with one attached hydrogen (secondary N) is 1. The van der Waals surface area contributed by atoms with Gasteiger partial charge in [-0.2, -0.15) is 0 Å². The molecule has 0 aliphatic carbocycles. The quantitative estimate of drug-likeness (QED) is 0.694. The number of nitrogen functional groups attached to an aromatic ring is 1. The van der Waals surface area contributed by atoms with E-state index in [0.29, 0.717) is 22.8 Å². The molecule has 9 heteroatoms. The largest absolute Gasteiger partial charge is 0.382 e. The summed E-state index contributed by atoms with van der Waals surface area (Å²) in [6, 6.07) is 16.0. The van der Waals surface area contributed by atoms with E-state index in [1.807, 2.05) is 30.3 Å². The molecule has 3 aromatic rings. The van der Waals surface area contributed by atoms with Gasteiger partial charge in [-0.3, -0.25) is 0 Å². The predicted octanol–water partition coefficient (Wildman–Crippen LogP) is 2.11. The molecule has 1 aliphatic heterocycles. The zero-order chi connectivity index (χ0) is 19.7. The normalized spacial score (nSPS) is 16.2. The van der Waals surface area contributed by atoms with Gasteiger partial charge in [0.2, 0.25) is 6.23 Å². The molecule has 2 heterocycles. The van der Waals surface area contributed by atoms with Gasteiger partial charge < -0.3 is 15.9 Å². The molecule has 0 amide bonds. The molecule has 1 aliphatic rings. The van der Waals surface area contributed by atoms with Crippen LogP contribution in [-0.2, 0) is 14.7 Å². The standard InChI is InChI=1S/C19H17N5O3S/c1-28(25,26)14-9-7-12(8-10-14)15-11-21-17(20)16(22-15)18-23-19(27-24-18)13-5-3-2-4-6-13/h2-11,19H,1H3,(H2,20,21)(H,23,24). The molecule has 142 valence electrons. The lowest BCUT2D eigenvalue weighted by Crippen LogP contribution is -2.25. The van der Waals surface area contributed by atoms with E-state index in [1.165, 1.54) is 18.3 Å². The molecule has 28 heavy (non-hydrogen) atoms. The first-order chi connectivity index (χ1) is 13.4. The lowest BCUT2D eigenvalue weighted by molar-refractivity contribution is 0.0729. The molecule has 3 N–H and O–H groups in total. The van der Waals surface area contributed by atoms with Crippen LogP contribution >= 0.6 is 0 Å². The van der Waals surface area contributed by atoms with Crippen molar-refractivity contribution in [3.05, 3.63) is 72.1 Å². The van der Waals surface area contributed by atoms with Crippen LogP contribution in [0.25, 0.3) is 11.3 Å². The van der Waals surface area contributed by atoms with Crippen molar-refractivity contribution in [2.45, 2.75) is 11.1 Å². The molecular formula is C19H17N5O3S. The van der Waals surface area contributed by atoms with Crippen LogP contribution in [0.3, 0.4) is 0 Å². The minimum absolute atomic E-state index is 0.208. The van der Waals surface area contributed by atoms with Crippen LogP contribution in [0.4, 0.5) is 5.82 Å². The SMILES string of the molecule is CS(=O)(=O)c1ccc(-c2cnc(N)c(C3=NOC(c4ccccc4)N3)n2)cc1. The predicted molar refractivity (Wildman–Crippen MR) is 105 cm³/mol. The Morgan fingerprint density at radius 3 is 2.46 bits per heavy atom. The molecule has 4 rings (SSSR count). The van der Waals surface area contributed by atoms with Crippen LogP contribution in [0.15, 0.2) is 70.8 Å². The van der Waals surface area contributed by atoms with Crippen LogP contribution in [-0.4, -0.2) is 30.5 Å². The van der Waals surface area contributed by atoms with Gasteiger partial charge in [-0.05, 0) is 12.1 Å². The Balaban J connectivity index is 1.62. The third kappa shape index (κ3) is 3.52. The van der Waals surface area contributed by atoms with Gasteiger partial charge in [0.25, 0.3) is 0 Å². The topological polar surface area (TPSA) is 120 Å². The highest BCUT2D eigenvalue weighted by Crippen LogP contribution is 2.24. The first-order valence-corrected chi connectivity index (χ1v) is 10.3. The first kappa shape index (κ1) is 17.9. The summed E-state index contributed by atoms with van der Waals surface area (Å²) in [4.78, 5) is 14.4. The van der Waals surface area contributed by atoms with E-state index in [4.69, 9.17) is 10.6 Å². The summed E-state index contributed by atoms with van der Waals surface area (Å²) in [5.74, 6) is 0.591. The number of rotatable bonds is 4. The van der Waals surface area contributed by atoms with E-state index in [2.05, 4.69) is 20.4 Å². The Hall–Kier alpha value is -3.46. The van der Waals surface area contributed by atoms with Crippen molar-refractivity contribution < 1.29 is 13.3 Å². The lowest BCUT2D eigenvalue weighted by Gasteiger charge is -2.11. The van der Waals surface area contributed by atoms with Crippen molar-refractivity contribution in [3.8, 4) is 11.3 Å². The maximum absolute atomic E-state index is 11.6. The molecule has 0 saturated heterocycles. The molecule has 1 aromatic heterocycles. The number of hydrogen-bond acceptors (Lipinski definition) is 8. The Morgan fingerprint density at radius 2 is 1.79 bits per heavy atom. The maximum atomic E-state index is 11.6. The summed E-state index contributed by atoms with van der Waals surface area (Å²) < 4.78 is 23.2. The molecule has 0 fully saturated rings. The van der Waals surface area contributed by atoms with Crippen LogP contribution in [0.2, 0.25) is 0 Å².